The Morgan fingerprint density at radius 3 is 2.67 bits per heavy atom. The molecule has 5 nitrogen and oxygen atoms in total. The molecule has 0 spiro atoms. The molecule has 1 amide bonds. The van der Waals surface area contributed by atoms with E-state index in [1.165, 1.54) is 12.1 Å². The van der Waals surface area contributed by atoms with Crippen LogP contribution in [-0.4, -0.2) is 30.6 Å². The number of carbonyl (C=O) groups is 2. The molecule has 0 saturated carbocycles. The first-order chi connectivity index (χ1) is 9.76. The molecule has 0 fully saturated rings. The molecule has 0 unspecified atom stereocenters. The quantitative estimate of drug-likeness (QED) is 0.791. The lowest BCUT2D eigenvalue weighted by Gasteiger charge is -2.23. The number of halogens is 2. The van der Waals surface area contributed by atoms with Gasteiger partial charge in [0, 0.05) is 5.02 Å². The lowest BCUT2D eigenvalue weighted by molar-refractivity contribution is -0.149. The molecular weight excluding hydrogens is 299 g/mol. The highest BCUT2D eigenvalue weighted by Crippen LogP contribution is 2.19. The third-order valence-corrected chi connectivity index (χ3v) is 2.91. The summed E-state index contributed by atoms with van der Waals surface area (Å²) >= 11 is 5.73. The molecule has 0 aliphatic rings. The Morgan fingerprint density at radius 1 is 1.38 bits per heavy atom. The number of hydrogen-bond acceptors (Lipinski definition) is 4. The van der Waals surface area contributed by atoms with Crippen molar-refractivity contribution in [2.45, 2.75) is 26.3 Å². The highest BCUT2D eigenvalue weighted by atomic mass is 35.5. The molecular formula is C14H18ClFN2O3. The summed E-state index contributed by atoms with van der Waals surface area (Å²) in [5, 5.41) is 5.45. The molecule has 1 aromatic carbocycles. The van der Waals surface area contributed by atoms with Crippen molar-refractivity contribution >= 4 is 29.2 Å². The average Bonchev–Trinajstić information content (AvgIpc) is 2.41. The van der Waals surface area contributed by atoms with Gasteiger partial charge < -0.3 is 10.1 Å². The van der Waals surface area contributed by atoms with Gasteiger partial charge in [-0.3, -0.25) is 14.9 Å². The molecule has 0 aliphatic carbocycles. The Hall–Kier alpha value is -1.66. The van der Waals surface area contributed by atoms with Gasteiger partial charge in [-0.2, -0.15) is 0 Å². The summed E-state index contributed by atoms with van der Waals surface area (Å²) in [6.45, 7) is 4.97. The maximum atomic E-state index is 13.5. The van der Waals surface area contributed by atoms with E-state index in [0.717, 1.165) is 6.07 Å². The smallest absolute Gasteiger partial charge is 0.325 e. The molecule has 21 heavy (non-hydrogen) atoms. The van der Waals surface area contributed by atoms with Crippen LogP contribution in [0.4, 0.5) is 10.1 Å². The van der Waals surface area contributed by atoms with Gasteiger partial charge in [-0.25, -0.2) is 4.39 Å². The van der Waals surface area contributed by atoms with E-state index in [2.05, 4.69) is 10.6 Å². The Bertz CT molecular complexity index is 535. The predicted molar refractivity (Wildman–Crippen MR) is 78.8 cm³/mol. The number of ether oxygens (including phenoxy) is 1. The van der Waals surface area contributed by atoms with Crippen LogP contribution in [-0.2, 0) is 14.3 Å². The fraction of sp³-hybridized carbons (Fsp3) is 0.429. The molecule has 0 heterocycles. The first-order valence-electron chi connectivity index (χ1n) is 6.43. The fourth-order valence-electron chi connectivity index (χ4n) is 1.47. The Balaban J connectivity index is 2.58. The van der Waals surface area contributed by atoms with Gasteiger partial charge in [0.25, 0.3) is 0 Å². The Morgan fingerprint density at radius 2 is 2.05 bits per heavy atom. The SMILES string of the molecule is CCOC(=O)C(C)(C)NCC(=O)Nc1cc(Cl)ccc1F. The number of carbonyl (C=O) groups excluding carboxylic acids is 2. The van der Waals surface area contributed by atoms with Crippen molar-refractivity contribution in [3.8, 4) is 0 Å². The second kappa shape index (κ2) is 7.38. The van der Waals surface area contributed by atoms with Crippen LogP contribution in [0.5, 0.6) is 0 Å². The topological polar surface area (TPSA) is 67.4 Å². The van der Waals surface area contributed by atoms with Crippen LogP contribution in [0.25, 0.3) is 0 Å². The molecule has 2 N–H and O–H groups in total. The number of rotatable bonds is 6. The number of benzene rings is 1. The van der Waals surface area contributed by atoms with Crippen LogP contribution in [0, 0.1) is 5.82 Å². The Kier molecular flexibility index (Phi) is 6.11. The Labute approximate surface area is 127 Å². The van der Waals surface area contributed by atoms with Crippen LogP contribution in [0.1, 0.15) is 20.8 Å². The molecule has 0 atom stereocenters. The van der Waals surface area contributed by atoms with Crippen molar-refractivity contribution < 1.29 is 18.7 Å². The van der Waals surface area contributed by atoms with Gasteiger partial charge in [0.2, 0.25) is 5.91 Å². The van der Waals surface area contributed by atoms with Crippen molar-refractivity contribution in [2.24, 2.45) is 0 Å². The van der Waals surface area contributed by atoms with E-state index in [-0.39, 0.29) is 18.8 Å². The summed E-state index contributed by atoms with van der Waals surface area (Å²) in [5.41, 5.74) is -1.02. The summed E-state index contributed by atoms with van der Waals surface area (Å²) < 4.78 is 18.3. The first kappa shape index (κ1) is 17.4. The van der Waals surface area contributed by atoms with Crippen LogP contribution in [0.3, 0.4) is 0 Å². The minimum absolute atomic E-state index is 0.0109. The highest BCUT2D eigenvalue weighted by Gasteiger charge is 2.29. The third-order valence-electron chi connectivity index (χ3n) is 2.68. The summed E-state index contributed by atoms with van der Waals surface area (Å²) in [6, 6.07) is 3.86. The number of anilines is 1. The van der Waals surface area contributed by atoms with E-state index in [0.29, 0.717) is 5.02 Å². The lowest BCUT2D eigenvalue weighted by Crippen LogP contribution is -2.50. The number of hydrogen-bond donors (Lipinski definition) is 2. The summed E-state index contributed by atoms with van der Waals surface area (Å²) in [4.78, 5) is 23.4. The minimum Gasteiger partial charge on any atom is -0.465 e. The van der Waals surface area contributed by atoms with Crippen molar-refractivity contribution in [3.05, 3.63) is 29.0 Å². The van der Waals surface area contributed by atoms with Crippen molar-refractivity contribution in [1.82, 2.24) is 5.32 Å². The van der Waals surface area contributed by atoms with Gasteiger partial charge in [-0.15, -0.1) is 0 Å². The van der Waals surface area contributed by atoms with Crippen LogP contribution in [0.15, 0.2) is 18.2 Å². The summed E-state index contributed by atoms with van der Waals surface area (Å²) in [6.07, 6.45) is 0. The van der Waals surface area contributed by atoms with Gasteiger partial charge in [0.15, 0.2) is 0 Å². The lowest BCUT2D eigenvalue weighted by atomic mass is 10.1. The van der Waals surface area contributed by atoms with Gasteiger partial charge in [-0.05, 0) is 39.0 Å². The molecule has 0 aromatic heterocycles. The third kappa shape index (κ3) is 5.32. The zero-order chi connectivity index (χ0) is 16.0. The summed E-state index contributed by atoms with van der Waals surface area (Å²) in [5.74, 6) is -1.54. The zero-order valence-corrected chi connectivity index (χ0v) is 12.9. The van der Waals surface area contributed by atoms with Crippen molar-refractivity contribution in [3.63, 3.8) is 0 Å². The molecule has 1 aromatic rings. The molecule has 116 valence electrons. The number of esters is 1. The van der Waals surface area contributed by atoms with Gasteiger partial charge in [0.1, 0.15) is 11.4 Å². The number of amides is 1. The molecule has 0 radical (unpaired) electrons. The first-order valence-corrected chi connectivity index (χ1v) is 6.81. The number of nitrogens with one attached hydrogen (secondary N) is 2. The second-order valence-corrected chi connectivity index (χ2v) is 5.31. The van der Waals surface area contributed by atoms with E-state index >= 15 is 0 Å². The van der Waals surface area contributed by atoms with Crippen molar-refractivity contribution in [2.75, 3.05) is 18.5 Å². The van der Waals surface area contributed by atoms with E-state index in [1.807, 2.05) is 0 Å². The second-order valence-electron chi connectivity index (χ2n) is 4.87. The van der Waals surface area contributed by atoms with E-state index in [1.54, 1.807) is 20.8 Å². The van der Waals surface area contributed by atoms with Gasteiger partial charge in [0.05, 0.1) is 18.8 Å². The van der Waals surface area contributed by atoms with E-state index in [9.17, 15) is 14.0 Å². The molecule has 7 heteroatoms. The van der Waals surface area contributed by atoms with Crippen molar-refractivity contribution in [1.29, 1.82) is 0 Å². The highest BCUT2D eigenvalue weighted by molar-refractivity contribution is 6.30. The maximum absolute atomic E-state index is 13.5. The molecule has 0 saturated heterocycles. The molecule has 0 aliphatic heterocycles. The van der Waals surface area contributed by atoms with Crippen LogP contribution < -0.4 is 10.6 Å². The van der Waals surface area contributed by atoms with E-state index < -0.39 is 23.2 Å². The van der Waals surface area contributed by atoms with Gasteiger partial charge in [-0.1, -0.05) is 11.6 Å². The summed E-state index contributed by atoms with van der Waals surface area (Å²) in [7, 11) is 0. The van der Waals surface area contributed by atoms with Crippen LogP contribution >= 0.6 is 11.6 Å². The van der Waals surface area contributed by atoms with Crippen LogP contribution in [0.2, 0.25) is 5.02 Å². The van der Waals surface area contributed by atoms with E-state index in [4.69, 9.17) is 16.3 Å². The monoisotopic (exact) mass is 316 g/mol. The van der Waals surface area contributed by atoms with Gasteiger partial charge >= 0.3 is 5.97 Å². The average molecular weight is 317 g/mol. The normalized spacial score (nSPS) is 11.1. The molecule has 1 rings (SSSR count). The minimum atomic E-state index is -1.01. The fourth-order valence-corrected chi connectivity index (χ4v) is 1.64. The largest absolute Gasteiger partial charge is 0.465 e. The zero-order valence-electron chi connectivity index (χ0n) is 12.1. The molecule has 0 bridgehead atoms. The maximum Gasteiger partial charge on any atom is 0.325 e. The predicted octanol–water partition coefficient (Wildman–Crippen LogP) is 2.35. The standard InChI is InChI=1S/C14H18ClFN2O3/c1-4-21-13(20)14(2,3)17-8-12(19)18-11-7-9(15)5-6-10(11)16/h5-7,17H,4,8H2,1-3H3,(H,18,19).